The maximum Gasteiger partial charge on any atom is 0.252 e. The molecule has 1 aliphatic rings. The van der Waals surface area contributed by atoms with Gasteiger partial charge in [-0.1, -0.05) is 45.0 Å². The van der Waals surface area contributed by atoms with E-state index in [0.717, 1.165) is 17.9 Å². The number of nitrogens with one attached hydrogen (secondary N) is 1. The summed E-state index contributed by atoms with van der Waals surface area (Å²) in [6, 6.07) is 8.56. The van der Waals surface area contributed by atoms with Gasteiger partial charge in [-0.25, -0.2) is 0 Å². The molecule has 3 nitrogen and oxygen atoms in total. The van der Waals surface area contributed by atoms with Crippen molar-refractivity contribution in [1.29, 1.82) is 0 Å². The number of rotatable bonds is 5. The van der Waals surface area contributed by atoms with E-state index in [0.29, 0.717) is 19.4 Å². The highest BCUT2D eigenvalue weighted by Gasteiger charge is 2.38. The molecule has 0 atom stereocenters. The summed E-state index contributed by atoms with van der Waals surface area (Å²) in [6.07, 6.45) is 2.13. The lowest BCUT2D eigenvalue weighted by molar-refractivity contribution is -0.140. The Morgan fingerprint density at radius 3 is 2.41 bits per heavy atom. The molecule has 0 aliphatic carbocycles. The summed E-state index contributed by atoms with van der Waals surface area (Å²) < 4.78 is 0. The minimum atomic E-state index is -1.17. The lowest BCUT2D eigenvalue weighted by Gasteiger charge is -2.32. The minimum Gasteiger partial charge on any atom is -0.380 e. The van der Waals surface area contributed by atoms with Crippen LogP contribution in [-0.4, -0.2) is 34.7 Å². The summed E-state index contributed by atoms with van der Waals surface area (Å²) in [6.45, 7) is 6.92. The SMILES string of the molecule is CCc1ccc(C(C)(C)CNC(=O)C2(O)CCSCC2)cc1. The van der Waals surface area contributed by atoms with Crippen molar-refractivity contribution in [2.75, 3.05) is 18.1 Å². The Bertz CT molecular complexity index is 504. The van der Waals surface area contributed by atoms with Gasteiger partial charge >= 0.3 is 0 Å². The molecule has 1 amide bonds. The third kappa shape index (κ3) is 4.05. The average Bonchev–Trinajstić information content (AvgIpc) is 2.53. The van der Waals surface area contributed by atoms with Gasteiger partial charge in [0.1, 0.15) is 5.60 Å². The average molecular weight is 321 g/mol. The maximum atomic E-state index is 12.3. The topological polar surface area (TPSA) is 49.3 Å². The van der Waals surface area contributed by atoms with Crippen LogP contribution in [0.25, 0.3) is 0 Å². The van der Waals surface area contributed by atoms with Crippen LogP contribution >= 0.6 is 11.8 Å². The van der Waals surface area contributed by atoms with Gasteiger partial charge in [0, 0.05) is 12.0 Å². The zero-order valence-corrected chi connectivity index (χ0v) is 14.6. The van der Waals surface area contributed by atoms with E-state index >= 15 is 0 Å². The summed E-state index contributed by atoms with van der Waals surface area (Å²) in [4.78, 5) is 12.3. The van der Waals surface area contributed by atoms with Crippen LogP contribution in [0, 0.1) is 0 Å². The Morgan fingerprint density at radius 1 is 1.27 bits per heavy atom. The Kier molecular flexibility index (Phi) is 5.56. The number of thioether (sulfide) groups is 1. The first-order chi connectivity index (χ1) is 10.4. The van der Waals surface area contributed by atoms with Crippen molar-refractivity contribution in [2.45, 2.75) is 51.0 Å². The van der Waals surface area contributed by atoms with Crippen LogP contribution in [0.15, 0.2) is 24.3 Å². The number of hydrogen-bond acceptors (Lipinski definition) is 3. The second kappa shape index (κ2) is 7.05. The van der Waals surface area contributed by atoms with Gasteiger partial charge in [-0.15, -0.1) is 0 Å². The molecular formula is C18H27NO2S. The summed E-state index contributed by atoms with van der Waals surface area (Å²) in [7, 11) is 0. The highest BCUT2D eigenvalue weighted by atomic mass is 32.2. The molecule has 0 unspecified atom stereocenters. The van der Waals surface area contributed by atoms with Gasteiger partial charge in [0.15, 0.2) is 0 Å². The second-order valence-electron chi connectivity index (χ2n) is 6.76. The lowest BCUT2D eigenvalue weighted by atomic mass is 9.83. The molecule has 1 aromatic carbocycles. The van der Waals surface area contributed by atoms with Gasteiger partial charge in [0.05, 0.1) is 0 Å². The van der Waals surface area contributed by atoms with Crippen LogP contribution in [0.3, 0.4) is 0 Å². The van der Waals surface area contributed by atoms with Crippen LogP contribution in [0.1, 0.15) is 44.7 Å². The van der Waals surface area contributed by atoms with Crippen LogP contribution in [-0.2, 0) is 16.6 Å². The molecule has 0 bridgehead atoms. The molecule has 1 aliphatic heterocycles. The smallest absolute Gasteiger partial charge is 0.252 e. The highest BCUT2D eigenvalue weighted by molar-refractivity contribution is 7.99. The highest BCUT2D eigenvalue weighted by Crippen LogP contribution is 2.28. The predicted octanol–water partition coefficient (Wildman–Crippen LogP) is 2.90. The number of hydrogen-bond donors (Lipinski definition) is 2. The van der Waals surface area contributed by atoms with Crippen molar-refractivity contribution in [3.8, 4) is 0 Å². The number of aryl methyl sites for hydroxylation is 1. The quantitative estimate of drug-likeness (QED) is 0.877. The fourth-order valence-corrected chi connectivity index (χ4v) is 3.86. The minimum absolute atomic E-state index is 0.151. The van der Waals surface area contributed by atoms with Gasteiger partial charge in [0.2, 0.25) is 0 Å². The molecule has 1 aromatic rings. The van der Waals surface area contributed by atoms with E-state index in [1.54, 1.807) is 11.8 Å². The summed E-state index contributed by atoms with van der Waals surface area (Å²) in [5.41, 5.74) is 1.20. The van der Waals surface area contributed by atoms with Crippen LogP contribution in [0.5, 0.6) is 0 Å². The van der Waals surface area contributed by atoms with Crippen LogP contribution in [0.2, 0.25) is 0 Å². The van der Waals surface area contributed by atoms with E-state index in [2.05, 4.69) is 50.4 Å². The van der Waals surface area contributed by atoms with Gasteiger partial charge in [-0.3, -0.25) is 4.79 Å². The Balaban J connectivity index is 1.97. The first kappa shape index (κ1) is 17.4. The molecule has 0 radical (unpaired) electrons. The van der Waals surface area contributed by atoms with Crippen molar-refractivity contribution in [3.05, 3.63) is 35.4 Å². The zero-order chi connectivity index (χ0) is 16.2. The van der Waals surface area contributed by atoms with Crippen molar-refractivity contribution in [3.63, 3.8) is 0 Å². The van der Waals surface area contributed by atoms with E-state index in [-0.39, 0.29) is 11.3 Å². The molecule has 0 aromatic heterocycles. The standard InChI is InChI=1S/C18H27NO2S/c1-4-14-5-7-15(8-6-14)17(2,3)13-19-16(20)18(21)9-11-22-12-10-18/h5-8,21H,4,9-13H2,1-3H3,(H,19,20). The van der Waals surface area contributed by atoms with Crippen LogP contribution < -0.4 is 5.32 Å². The third-order valence-electron chi connectivity index (χ3n) is 4.58. The molecule has 1 fully saturated rings. The van der Waals surface area contributed by atoms with E-state index in [9.17, 15) is 9.90 Å². The third-order valence-corrected chi connectivity index (χ3v) is 5.56. The lowest BCUT2D eigenvalue weighted by Crippen LogP contribution is -2.51. The molecule has 22 heavy (non-hydrogen) atoms. The first-order valence-corrected chi connectivity index (χ1v) is 9.21. The van der Waals surface area contributed by atoms with E-state index < -0.39 is 5.60 Å². The predicted molar refractivity (Wildman–Crippen MR) is 93.4 cm³/mol. The van der Waals surface area contributed by atoms with Crippen LogP contribution in [0.4, 0.5) is 0 Å². The van der Waals surface area contributed by atoms with Gasteiger partial charge < -0.3 is 10.4 Å². The van der Waals surface area contributed by atoms with Gasteiger partial charge in [-0.2, -0.15) is 11.8 Å². The van der Waals surface area contributed by atoms with Crippen molar-refractivity contribution >= 4 is 17.7 Å². The summed E-state index contributed by atoms with van der Waals surface area (Å²) in [5, 5.41) is 13.4. The molecule has 2 rings (SSSR count). The first-order valence-electron chi connectivity index (χ1n) is 8.05. The fourth-order valence-electron chi connectivity index (χ4n) is 2.70. The summed E-state index contributed by atoms with van der Waals surface area (Å²) in [5.74, 6) is 1.49. The Labute approximate surface area is 137 Å². The number of aliphatic hydroxyl groups is 1. The largest absolute Gasteiger partial charge is 0.380 e. The molecule has 0 saturated carbocycles. The van der Waals surface area contributed by atoms with Gasteiger partial charge in [-0.05, 0) is 41.9 Å². The Hall–Kier alpha value is -1.00. The second-order valence-corrected chi connectivity index (χ2v) is 7.99. The molecule has 0 spiro atoms. The zero-order valence-electron chi connectivity index (χ0n) is 13.8. The molecular weight excluding hydrogens is 294 g/mol. The number of carbonyl (C=O) groups is 1. The molecule has 2 N–H and O–H groups in total. The maximum absolute atomic E-state index is 12.3. The van der Waals surface area contributed by atoms with Gasteiger partial charge in [0.25, 0.3) is 5.91 Å². The molecule has 1 heterocycles. The molecule has 4 heteroatoms. The van der Waals surface area contributed by atoms with E-state index in [1.807, 2.05) is 0 Å². The Morgan fingerprint density at radius 2 is 1.86 bits per heavy atom. The van der Waals surface area contributed by atoms with E-state index in [4.69, 9.17) is 0 Å². The molecule has 122 valence electrons. The normalized spacial score (nSPS) is 18.0. The number of amides is 1. The van der Waals surface area contributed by atoms with Crippen molar-refractivity contribution < 1.29 is 9.90 Å². The monoisotopic (exact) mass is 321 g/mol. The number of carbonyl (C=O) groups excluding carboxylic acids is 1. The van der Waals surface area contributed by atoms with Crippen molar-refractivity contribution in [2.24, 2.45) is 0 Å². The van der Waals surface area contributed by atoms with Crippen molar-refractivity contribution in [1.82, 2.24) is 5.32 Å². The number of benzene rings is 1. The molecule has 1 saturated heterocycles. The fraction of sp³-hybridized carbons (Fsp3) is 0.611. The summed E-state index contributed by atoms with van der Waals surface area (Å²) >= 11 is 1.80. The van der Waals surface area contributed by atoms with E-state index in [1.165, 1.54) is 11.1 Å².